The zero-order valence-corrected chi connectivity index (χ0v) is 11.4. The first kappa shape index (κ1) is 15.0. The third-order valence-corrected chi connectivity index (χ3v) is 2.67. The zero-order chi connectivity index (χ0) is 14.4. The quantitative estimate of drug-likeness (QED) is 0.765. The van der Waals surface area contributed by atoms with Gasteiger partial charge in [0.05, 0.1) is 6.42 Å². The van der Waals surface area contributed by atoms with Gasteiger partial charge < -0.3 is 15.7 Å². The summed E-state index contributed by atoms with van der Waals surface area (Å²) < 4.78 is 0. The summed E-state index contributed by atoms with van der Waals surface area (Å²) in [5.41, 5.74) is 1.84. The summed E-state index contributed by atoms with van der Waals surface area (Å²) in [6.07, 6.45) is -0.0978. The summed E-state index contributed by atoms with van der Waals surface area (Å²) in [6, 6.07) is 6.78. The van der Waals surface area contributed by atoms with Crippen LogP contribution in [-0.2, 0) is 4.79 Å². The number of rotatable bonds is 5. The van der Waals surface area contributed by atoms with Crippen molar-refractivity contribution in [3.05, 3.63) is 29.8 Å². The second kappa shape index (κ2) is 6.78. The largest absolute Gasteiger partial charge is 0.481 e. The van der Waals surface area contributed by atoms with E-state index in [1.807, 2.05) is 18.2 Å². The fourth-order valence-corrected chi connectivity index (χ4v) is 1.68. The highest BCUT2D eigenvalue weighted by Crippen LogP contribution is 2.18. The predicted octanol–water partition coefficient (Wildman–Crippen LogP) is 2.79. The molecule has 1 rings (SSSR count). The van der Waals surface area contributed by atoms with Gasteiger partial charge in [-0.2, -0.15) is 0 Å². The lowest BCUT2D eigenvalue weighted by atomic mass is 10.0. The molecule has 0 radical (unpaired) electrons. The maximum Gasteiger partial charge on any atom is 0.319 e. The lowest BCUT2D eigenvalue weighted by Crippen LogP contribution is -2.37. The van der Waals surface area contributed by atoms with Crippen molar-refractivity contribution < 1.29 is 14.7 Å². The van der Waals surface area contributed by atoms with E-state index in [4.69, 9.17) is 5.11 Å². The smallest absolute Gasteiger partial charge is 0.319 e. The molecule has 0 spiro atoms. The Kier molecular flexibility index (Phi) is 5.36. The first-order valence-electron chi connectivity index (χ1n) is 6.27. The first-order valence-corrected chi connectivity index (χ1v) is 6.27. The van der Waals surface area contributed by atoms with Gasteiger partial charge in [0.25, 0.3) is 0 Å². The number of carbonyl (C=O) groups excluding carboxylic acids is 1. The number of carboxylic acids is 1. The average Bonchev–Trinajstić information content (AvgIpc) is 2.27. The monoisotopic (exact) mass is 264 g/mol. The van der Waals surface area contributed by atoms with Gasteiger partial charge in [0, 0.05) is 11.7 Å². The van der Waals surface area contributed by atoms with Crippen molar-refractivity contribution in [1.82, 2.24) is 5.32 Å². The Morgan fingerprint density at radius 1 is 1.26 bits per heavy atom. The molecular formula is C14H20N2O3. The Morgan fingerprint density at radius 2 is 1.95 bits per heavy atom. The molecule has 1 aromatic carbocycles. The fourth-order valence-electron chi connectivity index (χ4n) is 1.68. The molecule has 0 saturated heterocycles. The zero-order valence-electron chi connectivity index (χ0n) is 11.4. The summed E-state index contributed by atoms with van der Waals surface area (Å²) in [7, 11) is 0. The van der Waals surface area contributed by atoms with Gasteiger partial charge in [-0.25, -0.2) is 4.79 Å². The van der Waals surface area contributed by atoms with Crippen LogP contribution in [0.15, 0.2) is 24.3 Å². The number of carboxylic acid groups (broad SMARTS) is 1. The van der Waals surface area contributed by atoms with Crippen LogP contribution in [0.2, 0.25) is 0 Å². The molecule has 0 aliphatic rings. The number of urea groups is 1. The molecule has 2 amide bonds. The molecule has 1 atom stereocenters. The van der Waals surface area contributed by atoms with Crippen LogP contribution in [0.5, 0.6) is 0 Å². The highest BCUT2D eigenvalue weighted by atomic mass is 16.4. The van der Waals surface area contributed by atoms with Crippen LogP contribution in [0.4, 0.5) is 10.5 Å². The summed E-state index contributed by atoms with van der Waals surface area (Å²) in [4.78, 5) is 22.2. The number of amides is 2. The maximum atomic E-state index is 11.7. The number of aliphatic carboxylic acids is 1. The van der Waals surface area contributed by atoms with Crippen LogP contribution in [0.3, 0.4) is 0 Å². The van der Waals surface area contributed by atoms with E-state index >= 15 is 0 Å². The molecule has 0 aromatic heterocycles. The SMILES string of the molecule is CC(CC(=O)O)NC(=O)Nc1cccc(C(C)C)c1. The molecule has 0 aliphatic carbocycles. The molecule has 5 nitrogen and oxygen atoms in total. The Labute approximate surface area is 113 Å². The predicted molar refractivity (Wildman–Crippen MR) is 74.4 cm³/mol. The molecule has 0 fully saturated rings. The van der Waals surface area contributed by atoms with Crippen LogP contribution in [0.1, 0.15) is 38.7 Å². The first-order chi connectivity index (χ1) is 8.88. The number of hydrogen-bond donors (Lipinski definition) is 3. The minimum atomic E-state index is -0.936. The van der Waals surface area contributed by atoms with Crippen molar-refractivity contribution in [2.24, 2.45) is 0 Å². The molecule has 1 unspecified atom stereocenters. The van der Waals surface area contributed by atoms with Gasteiger partial charge in [-0.1, -0.05) is 26.0 Å². The Balaban J connectivity index is 2.57. The summed E-state index contributed by atoms with van der Waals surface area (Å²) in [5.74, 6) is -0.551. The molecule has 0 aliphatic heterocycles. The highest BCUT2D eigenvalue weighted by molar-refractivity contribution is 5.89. The van der Waals surface area contributed by atoms with Gasteiger partial charge in [0.2, 0.25) is 0 Å². The van der Waals surface area contributed by atoms with E-state index in [0.29, 0.717) is 11.6 Å². The molecule has 5 heteroatoms. The van der Waals surface area contributed by atoms with Crippen molar-refractivity contribution in [3.63, 3.8) is 0 Å². The fraction of sp³-hybridized carbons (Fsp3) is 0.429. The van der Waals surface area contributed by atoms with Gasteiger partial charge in [-0.05, 0) is 30.5 Å². The van der Waals surface area contributed by atoms with E-state index in [1.54, 1.807) is 13.0 Å². The normalized spacial score (nSPS) is 12.0. The molecule has 3 N–H and O–H groups in total. The van der Waals surface area contributed by atoms with E-state index in [-0.39, 0.29) is 6.42 Å². The highest BCUT2D eigenvalue weighted by Gasteiger charge is 2.11. The van der Waals surface area contributed by atoms with E-state index in [9.17, 15) is 9.59 Å². The topological polar surface area (TPSA) is 78.4 Å². The molecule has 19 heavy (non-hydrogen) atoms. The molecule has 0 bridgehead atoms. The van der Waals surface area contributed by atoms with E-state index in [1.165, 1.54) is 0 Å². The van der Waals surface area contributed by atoms with Crippen LogP contribution in [-0.4, -0.2) is 23.1 Å². The summed E-state index contributed by atoms with van der Waals surface area (Å²) in [6.45, 7) is 5.81. The minimum Gasteiger partial charge on any atom is -0.481 e. The maximum absolute atomic E-state index is 11.7. The molecule has 104 valence electrons. The Bertz CT molecular complexity index is 458. The number of benzene rings is 1. The second-order valence-electron chi connectivity index (χ2n) is 4.88. The molecular weight excluding hydrogens is 244 g/mol. The third-order valence-electron chi connectivity index (χ3n) is 2.67. The Morgan fingerprint density at radius 3 is 2.53 bits per heavy atom. The van der Waals surface area contributed by atoms with Gasteiger partial charge in [0.1, 0.15) is 0 Å². The average molecular weight is 264 g/mol. The van der Waals surface area contributed by atoms with Crippen molar-refractivity contribution in [2.75, 3.05) is 5.32 Å². The number of carbonyl (C=O) groups is 2. The van der Waals surface area contributed by atoms with Crippen molar-refractivity contribution in [2.45, 2.75) is 39.2 Å². The van der Waals surface area contributed by atoms with Gasteiger partial charge in [0.15, 0.2) is 0 Å². The van der Waals surface area contributed by atoms with Crippen molar-refractivity contribution in [1.29, 1.82) is 0 Å². The lowest BCUT2D eigenvalue weighted by Gasteiger charge is -2.13. The van der Waals surface area contributed by atoms with Crippen molar-refractivity contribution >= 4 is 17.7 Å². The molecule has 0 saturated carbocycles. The van der Waals surface area contributed by atoms with Crippen LogP contribution in [0, 0.1) is 0 Å². The van der Waals surface area contributed by atoms with Crippen LogP contribution < -0.4 is 10.6 Å². The number of anilines is 1. The number of hydrogen-bond acceptors (Lipinski definition) is 2. The lowest BCUT2D eigenvalue weighted by molar-refractivity contribution is -0.137. The standard InChI is InChI=1S/C14H20N2O3/c1-9(2)11-5-4-6-12(8-11)16-14(19)15-10(3)7-13(17)18/h4-6,8-10H,7H2,1-3H3,(H,17,18)(H2,15,16,19). The second-order valence-corrected chi connectivity index (χ2v) is 4.88. The molecule has 0 heterocycles. The van der Waals surface area contributed by atoms with Gasteiger partial charge in [-0.15, -0.1) is 0 Å². The minimum absolute atomic E-state index is 0.0978. The summed E-state index contributed by atoms with van der Waals surface area (Å²) in [5, 5.41) is 13.9. The van der Waals surface area contributed by atoms with Gasteiger partial charge >= 0.3 is 12.0 Å². The summed E-state index contributed by atoms with van der Waals surface area (Å²) >= 11 is 0. The molecule has 1 aromatic rings. The van der Waals surface area contributed by atoms with Crippen LogP contribution >= 0.6 is 0 Å². The number of nitrogens with one attached hydrogen (secondary N) is 2. The van der Waals surface area contributed by atoms with E-state index in [0.717, 1.165) is 5.56 Å². The van der Waals surface area contributed by atoms with Gasteiger partial charge in [-0.3, -0.25) is 4.79 Å². The third kappa shape index (κ3) is 5.42. The van der Waals surface area contributed by atoms with Crippen molar-refractivity contribution in [3.8, 4) is 0 Å². The Hall–Kier alpha value is -2.04. The van der Waals surface area contributed by atoms with E-state index in [2.05, 4.69) is 24.5 Å². The van der Waals surface area contributed by atoms with Crippen LogP contribution in [0.25, 0.3) is 0 Å². The van der Waals surface area contributed by atoms with E-state index < -0.39 is 18.0 Å².